The summed E-state index contributed by atoms with van der Waals surface area (Å²) in [4.78, 5) is 42.2. The molecule has 6 atom stereocenters. The van der Waals surface area contributed by atoms with E-state index < -0.39 is 28.2 Å². The molecule has 2 aliphatic carbocycles. The van der Waals surface area contributed by atoms with Crippen molar-refractivity contribution in [1.29, 1.82) is 0 Å². The molecule has 268 valence electrons. The van der Waals surface area contributed by atoms with Crippen molar-refractivity contribution in [3.8, 4) is 0 Å². The van der Waals surface area contributed by atoms with Crippen LogP contribution in [0.25, 0.3) is 0 Å². The van der Waals surface area contributed by atoms with Crippen molar-refractivity contribution < 1.29 is 23.9 Å². The maximum Gasteiger partial charge on any atom is 0.408 e. The maximum atomic E-state index is 13.1. The number of nitrogens with zero attached hydrogens (tertiary/aromatic N) is 2. The Balaban J connectivity index is 0.000000191. The first kappa shape index (κ1) is 36.7. The van der Waals surface area contributed by atoms with E-state index in [4.69, 9.17) is 9.47 Å². The maximum absolute atomic E-state index is 13.1. The molecule has 9 heteroatoms. The van der Waals surface area contributed by atoms with Crippen LogP contribution >= 0.6 is 0 Å². The summed E-state index contributed by atoms with van der Waals surface area (Å²) in [6, 6.07) is 20.9. The second-order valence-corrected chi connectivity index (χ2v) is 17.3. The Bertz CT molecular complexity index is 1520. The van der Waals surface area contributed by atoms with Crippen LogP contribution in [-0.4, -0.2) is 69.8 Å². The molecule has 2 aliphatic heterocycles. The number of fused-ring (bicyclic) bond motifs is 2. The lowest BCUT2D eigenvalue weighted by Gasteiger charge is -2.52. The van der Waals surface area contributed by atoms with Crippen LogP contribution in [0.3, 0.4) is 0 Å². The van der Waals surface area contributed by atoms with Crippen LogP contribution in [0.1, 0.15) is 118 Å². The first-order valence-corrected chi connectivity index (χ1v) is 17.9. The molecule has 49 heavy (non-hydrogen) atoms. The molecule has 0 spiro atoms. The average molecular weight is 675 g/mol. The summed E-state index contributed by atoms with van der Waals surface area (Å²) in [5.41, 5.74) is 0.313. The number of hydrogen-bond donors (Lipinski definition) is 2. The van der Waals surface area contributed by atoms with Crippen LogP contribution in [0.2, 0.25) is 0 Å². The van der Waals surface area contributed by atoms with Gasteiger partial charge in [-0.05, 0) is 99.1 Å². The average Bonchev–Trinajstić information content (AvgIpc) is 3.29. The molecule has 2 saturated carbocycles. The van der Waals surface area contributed by atoms with E-state index in [1.165, 1.54) is 5.56 Å². The molecule has 9 nitrogen and oxygen atoms in total. The quantitative estimate of drug-likeness (QED) is 0.325. The lowest BCUT2D eigenvalue weighted by molar-refractivity contribution is -0.142. The van der Waals surface area contributed by atoms with Gasteiger partial charge in [-0.15, -0.1) is 0 Å². The highest BCUT2D eigenvalue weighted by Crippen LogP contribution is 2.58. The first-order valence-electron chi connectivity index (χ1n) is 17.9. The van der Waals surface area contributed by atoms with Gasteiger partial charge in [0, 0.05) is 31.1 Å². The van der Waals surface area contributed by atoms with E-state index in [1.807, 2.05) is 90.6 Å². The van der Waals surface area contributed by atoms with E-state index in [0.29, 0.717) is 12.6 Å². The van der Waals surface area contributed by atoms with Gasteiger partial charge in [0.05, 0.1) is 22.5 Å². The smallest absolute Gasteiger partial charge is 0.408 e. The number of benzene rings is 2. The van der Waals surface area contributed by atoms with Gasteiger partial charge in [-0.25, -0.2) is 9.59 Å². The second-order valence-electron chi connectivity index (χ2n) is 17.3. The predicted octanol–water partition coefficient (Wildman–Crippen LogP) is 7.78. The van der Waals surface area contributed by atoms with Gasteiger partial charge in [0.15, 0.2) is 0 Å². The van der Waals surface area contributed by atoms with Crippen molar-refractivity contribution in [3.63, 3.8) is 0 Å². The van der Waals surface area contributed by atoms with Gasteiger partial charge in [0.1, 0.15) is 11.2 Å². The molecule has 2 saturated heterocycles. The SMILES string of the molecule is C[C@H](c1ccccc1)N1C[C@@]2(C)CC[C@@]2(NC(=O)OC(C)(C)C)C1.C[C@H](c1ccccc1)N1C[C@]2(NC(=O)OC(C)(C)C)CC[C@]2(C)C1=O. The Hall–Kier alpha value is -3.59. The molecule has 3 amide bonds. The molecular formula is C40H58N4O5. The number of amides is 3. The minimum Gasteiger partial charge on any atom is -0.444 e. The fourth-order valence-corrected chi connectivity index (χ4v) is 8.18. The number of alkyl carbamates (subject to hydrolysis) is 2. The number of carbonyl (C=O) groups excluding carboxylic acids is 3. The van der Waals surface area contributed by atoms with Gasteiger partial charge in [0.2, 0.25) is 5.91 Å². The van der Waals surface area contributed by atoms with E-state index >= 15 is 0 Å². The van der Waals surface area contributed by atoms with Crippen molar-refractivity contribution in [2.75, 3.05) is 19.6 Å². The highest BCUT2D eigenvalue weighted by Gasteiger charge is 2.68. The van der Waals surface area contributed by atoms with E-state index in [2.05, 4.69) is 59.7 Å². The number of likely N-dealkylation sites (tertiary alicyclic amines) is 2. The fourth-order valence-electron chi connectivity index (χ4n) is 8.18. The molecule has 2 heterocycles. The van der Waals surface area contributed by atoms with E-state index in [9.17, 15) is 14.4 Å². The van der Waals surface area contributed by atoms with E-state index in [-0.39, 0.29) is 29.0 Å². The van der Waals surface area contributed by atoms with Crippen molar-refractivity contribution in [1.82, 2.24) is 20.4 Å². The number of carbonyl (C=O) groups is 3. The summed E-state index contributed by atoms with van der Waals surface area (Å²) in [5.74, 6) is 0.117. The Morgan fingerprint density at radius 1 is 0.673 bits per heavy atom. The lowest BCUT2D eigenvalue weighted by atomic mass is 9.57. The largest absolute Gasteiger partial charge is 0.444 e. The van der Waals surface area contributed by atoms with Gasteiger partial charge in [-0.3, -0.25) is 9.69 Å². The number of hydrogen-bond acceptors (Lipinski definition) is 6. The summed E-state index contributed by atoms with van der Waals surface area (Å²) in [6.07, 6.45) is 3.04. The van der Waals surface area contributed by atoms with E-state index in [1.54, 1.807) is 0 Å². The molecule has 6 rings (SSSR count). The number of ether oxygens (including phenoxy) is 2. The molecule has 0 aromatic heterocycles. The Morgan fingerprint density at radius 3 is 1.57 bits per heavy atom. The van der Waals surface area contributed by atoms with Crippen LogP contribution in [0.4, 0.5) is 9.59 Å². The number of rotatable bonds is 6. The zero-order valence-electron chi connectivity index (χ0n) is 31.3. The topological polar surface area (TPSA) is 100 Å². The molecule has 2 aromatic rings. The third kappa shape index (κ3) is 7.19. The molecular weight excluding hydrogens is 616 g/mol. The molecule has 4 aliphatic rings. The summed E-state index contributed by atoms with van der Waals surface area (Å²) >= 11 is 0. The molecule has 0 bridgehead atoms. The molecule has 0 radical (unpaired) electrons. The summed E-state index contributed by atoms with van der Waals surface area (Å²) < 4.78 is 10.9. The van der Waals surface area contributed by atoms with Crippen molar-refractivity contribution in [3.05, 3.63) is 71.8 Å². The van der Waals surface area contributed by atoms with Crippen molar-refractivity contribution in [2.45, 2.75) is 129 Å². The minimum absolute atomic E-state index is 0.0200. The fraction of sp³-hybridized carbons (Fsp3) is 0.625. The molecule has 0 unspecified atom stereocenters. The molecule has 2 aromatic carbocycles. The Labute approximate surface area is 293 Å². The van der Waals surface area contributed by atoms with Gasteiger partial charge in [-0.1, -0.05) is 67.6 Å². The molecule has 2 N–H and O–H groups in total. The Kier molecular flexibility index (Phi) is 9.69. The third-order valence-corrected chi connectivity index (χ3v) is 11.6. The zero-order valence-corrected chi connectivity index (χ0v) is 31.3. The monoisotopic (exact) mass is 674 g/mol. The summed E-state index contributed by atoms with van der Waals surface area (Å²) in [7, 11) is 0. The normalized spacial score (nSPS) is 30.3. The Morgan fingerprint density at radius 2 is 1.14 bits per heavy atom. The highest BCUT2D eigenvalue weighted by molar-refractivity contribution is 5.90. The van der Waals surface area contributed by atoms with Crippen LogP contribution in [0, 0.1) is 10.8 Å². The van der Waals surface area contributed by atoms with Crippen LogP contribution in [0.15, 0.2) is 60.7 Å². The summed E-state index contributed by atoms with van der Waals surface area (Å²) in [6.45, 7) is 22.2. The van der Waals surface area contributed by atoms with Crippen LogP contribution < -0.4 is 10.6 Å². The first-order chi connectivity index (χ1) is 22.7. The summed E-state index contributed by atoms with van der Waals surface area (Å²) in [5, 5.41) is 6.25. The van der Waals surface area contributed by atoms with Gasteiger partial charge in [-0.2, -0.15) is 0 Å². The lowest BCUT2D eigenvalue weighted by Crippen LogP contribution is -2.66. The molecule has 4 fully saturated rings. The second kappa shape index (κ2) is 12.9. The van der Waals surface area contributed by atoms with Gasteiger partial charge in [0.25, 0.3) is 0 Å². The van der Waals surface area contributed by atoms with Crippen molar-refractivity contribution >= 4 is 18.1 Å². The number of nitrogens with one attached hydrogen (secondary N) is 2. The third-order valence-electron chi connectivity index (χ3n) is 11.6. The van der Waals surface area contributed by atoms with Crippen molar-refractivity contribution in [2.24, 2.45) is 10.8 Å². The standard InChI is InChI=1S/C20H28N2O3.C20H30N2O2/c1-14(15-9-7-6-8-10-15)22-13-20(12-11-19(20,5)16(22)23)21-17(24)25-18(2,3)4;1-15(16-9-7-6-8-10-16)22-13-19(5)11-12-20(19,14-22)21-17(23)24-18(2,3)4/h6-10,14H,11-13H2,1-5H3,(H,21,24);6-10,15H,11-14H2,1-5H3,(H,21,23)/t14-,19-,20-;15-,19-,20-/m11/s1. The van der Waals surface area contributed by atoms with Gasteiger partial charge < -0.3 is 25.0 Å². The van der Waals surface area contributed by atoms with Crippen LogP contribution in [-0.2, 0) is 14.3 Å². The predicted molar refractivity (Wildman–Crippen MR) is 192 cm³/mol. The van der Waals surface area contributed by atoms with E-state index in [0.717, 1.165) is 44.3 Å². The zero-order chi connectivity index (χ0) is 36.0. The van der Waals surface area contributed by atoms with Gasteiger partial charge >= 0.3 is 12.2 Å². The highest BCUT2D eigenvalue weighted by atomic mass is 16.6. The van der Waals surface area contributed by atoms with Crippen LogP contribution in [0.5, 0.6) is 0 Å². The minimum atomic E-state index is -0.555.